The standard InChI is InChI=1S/C27H26ClFN2O4/c28-19-2-1-3-24(14-19)34-23-10-12-31(13-11-23)16-21(32)17-33-22-7-4-18(5-8-22)27-25-9-6-20(29)15-26(25)35-30-27/h1-9,14-15,21,23,32H,10-13,16-17H2/t21-/m0/s1. The van der Waals surface area contributed by atoms with E-state index in [4.69, 9.17) is 25.6 Å². The maximum Gasteiger partial charge on any atom is 0.170 e. The fourth-order valence-electron chi connectivity index (χ4n) is 4.31. The topological polar surface area (TPSA) is 68.0 Å². The monoisotopic (exact) mass is 496 g/mol. The second kappa shape index (κ2) is 10.6. The lowest BCUT2D eigenvalue weighted by Crippen LogP contribution is -2.43. The number of piperidine rings is 1. The Kier molecular flexibility index (Phi) is 7.18. The van der Waals surface area contributed by atoms with Crippen molar-refractivity contribution in [1.29, 1.82) is 0 Å². The van der Waals surface area contributed by atoms with Crippen LogP contribution in [0.1, 0.15) is 12.8 Å². The van der Waals surface area contributed by atoms with Crippen molar-refractivity contribution < 1.29 is 23.5 Å². The first-order chi connectivity index (χ1) is 17.0. The highest BCUT2D eigenvalue weighted by Crippen LogP contribution is 2.29. The summed E-state index contributed by atoms with van der Waals surface area (Å²) in [5, 5.41) is 16.0. The summed E-state index contributed by atoms with van der Waals surface area (Å²) < 4.78 is 30.4. The van der Waals surface area contributed by atoms with Gasteiger partial charge in [-0.25, -0.2) is 4.39 Å². The Morgan fingerprint density at radius 1 is 1.06 bits per heavy atom. The average molecular weight is 497 g/mol. The summed E-state index contributed by atoms with van der Waals surface area (Å²) >= 11 is 6.03. The lowest BCUT2D eigenvalue weighted by atomic mass is 10.1. The maximum atomic E-state index is 13.4. The van der Waals surface area contributed by atoms with Crippen LogP contribution in [-0.2, 0) is 0 Å². The van der Waals surface area contributed by atoms with Gasteiger partial charge in [-0.2, -0.15) is 0 Å². The molecule has 1 aliphatic heterocycles. The maximum absolute atomic E-state index is 13.4. The molecule has 1 aromatic heterocycles. The van der Waals surface area contributed by atoms with Gasteiger partial charge < -0.3 is 24.0 Å². The van der Waals surface area contributed by atoms with Crippen molar-refractivity contribution in [3.63, 3.8) is 0 Å². The van der Waals surface area contributed by atoms with Crippen LogP contribution in [0.25, 0.3) is 22.2 Å². The number of β-amino-alcohol motifs (C(OH)–C–C–N with tert-alkyl or cyclic N) is 1. The van der Waals surface area contributed by atoms with Crippen LogP contribution in [0.2, 0.25) is 5.02 Å². The van der Waals surface area contributed by atoms with E-state index >= 15 is 0 Å². The Bertz CT molecular complexity index is 1270. The third kappa shape index (κ3) is 5.93. The molecule has 6 nitrogen and oxygen atoms in total. The van der Waals surface area contributed by atoms with Gasteiger partial charge in [-0.1, -0.05) is 22.8 Å². The van der Waals surface area contributed by atoms with Gasteiger partial charge in [-0.15, -0.1) is 0 Å². The highest BCUT2D eigenvalue weighted by molar-refractivity contribution is 6.30. The number of hydrogen-bond donors (Lipinski definition) is 1. The Morgan fingerprint density at radius 3 is 2.63 bits per heavy atom. The summed E-state index contributed by atoms with van der Waals surface area (Å²) in [5.74, 6) is 1.08. The summed E-state index contributed by atoms with van der Waals surface area (Å²) in [5.41, 5.74) is 1.89. The smallest absolute Gasteiger partial charge is 0.170 e. The van der Waals surface area contributed by atoms with Gasteiger partial charge in [0.2, 0.25) is 0 Å². The first-order valence-electron chi connectivity index (χ1n) is 11.6. The minimum atomic E-state index is -0.602. The zero-order valence-electron chi connectivity index (χ0n) is 19.1. The van der Waals surface area contributed by atoms with Gasteiger partial charge in [-0.3, -0.25) is 0 Å². The van der Waals surface area contributed by atoms with Crippen LogP contribution in [-0.4, -0.2) is 53.6 Å². The molecule has 0 unspecified atom stereocenters. The minimum absolute atomic E-state index is 0.150. The second-order valence-electron chi connectivity index (χ2n) is 8.74. The molecule has 8 heteroatoms. The molecular weight excluding hydrogens is 471 g/mol. The van der Waals surface area contributed by atoms with Crippen molar-refractivity contribution in [1.82, 2.24) is 10.1 Å². The SMILES string of the molecule is O[C@H](COc1ccc(-c2noc3cc(F)ccc23)cc1)CN1CCC(Oc2cccc(Cl)c2)CC1. The van der Waals surface area contributed by atoms with Crippen molar-refractivity contribution in [3.8, 4) is 22.8 Å². The molecule has 5 rings (SSSR count). The quantitative estimate of drug-likeness (QED) is 0.344. The van der Waals surface area contributed by atoms with Gasteiger partial charge in [0, 0.05) is 41.7 Å². The fourth-order valence-corrected chi connectivity index (χ4v) is 4.49. The van der Waals surface area contributed by atoms with Crippen LogP contribution in [0.3, 0.4) is 0 Å². The third-order valence-electron chi connectivity index (χ3n) is 6.11. The molecule has 3 aromatic carbocycles. The molecule has 0 saturated carbocycles. The molecule has 1 saturated heterocycles. The molecule has 0 radical (unpaired) electrons. The molecule has 4 aromatic rings. The van der Waals surface area contributed by atoms with E-state index in [1.54, 1.807) is 6.07 Å². The van der Waals surface area contributed by atoms with E-state index in [0.29, 0.717) is 28.6 Å². The predicted octanol–water partition coefficient (Wildman–Crippen LogP) is 5.57. The number of halogens is 2. The van der Waals surface area contributed by atoms with Crippen LogP contribution >= 0.6 is 11.6 Å². The first-order valence-corrected chi connectivity index (χ1v) is 12.0. The normalized spacial score (nSPS) is 15.9. The Labute approximate surface area is 207 Å². The summed E-state index contributed by atoms with van der Waals surface area (Å²) in [4.78, 5) is 2.23. The summed E-state index contributed by atoms with van der Waals surface area (Å²) in [6, 6.07) is 19.2. The van der Waals surface area contributed by atoms with Crippen LogP contribution in [0.4, 0.5) is 4.39 Å². The van der Waals surface area contributed by atoms with Crippen LogP contribution in [0, 0.1) is 5.82 Å². The average Bonchev–Trinajstić information content (AvgIpc) is 3.27. The van der Waals surface area contributed by atoms with E-state index in [9.17, 15) is 9.50 Å². The van der Waals surface area contributed by atoms with Gasteiger partial charge in [0.15, 0.2) is 5.58 Å². The van der Waals surface area contributed by atoms with Gasteiger partial charge in [0.05, 0.1) is 0 Å². The molecule has 2 heterocycles. The van der Waals surface area contributed by atoms with Gasteiger partial charge in [-0.05, 0) is 67.4 Å². The van der Waals surface area contributed by atoms with E-state index in [1.807, 2.05) is 48.5 Å². The minimum Gasteiger partial charge on any atom is -0.491 e. The zero-order chi connectivity index (χ0) is 24.2. The van der Waals surface area contributed by atoms with Crippen molar-refractivity contribution in [2.24, 2.45) is 0 Å². The van der Waals surface area contributed by atoms with Gasteiger partial charge >= 0.3 is 0 Å². The Hall–Kier alpha value is -3.13. The molecular formula is C27H26ClFN2O4. The van der Waals surface area contributed by atoms with E-state index in [-0.39, 0.29) is 18.5 Å². The molecule has 1 N–H and O–H groups in total. The highest BCUT2D eigenvalue weighted by Gasteiger charge is 2.22. The summed E-state index contributed by atoms with van der Waals surface area (Å²) in [6.07, 6.45) is 1.34. The number of likely N-dealkylation sites (tertiary alicyclic amines) is 1. The zero-order valence-corrected chi connectivity index (χ0v) is 19.8. The van der Waals surface area contributed by atoms with Crippen LogP contribution in [0.5, 0.6) is 11.5 Å². The number of rotatable bonds is 8. The molecule has 1 fully saturated rings. The fraction of sp³-hybridized carbons (Fsp3) is 0.296. The molecule has 0 bridgehead atoms. The van der Waals surface area contributed by atoms with E-state index in [0.717, 1.165) is 42.6 Å². The summed E-state index contributed by atoms with van der Waals surface area (Å²) in [7, 11) is 0. The number of nitrogens with zero attached hydrogens (tertiary/aromatic N) is 2. The molecule has 0 spiro atoms. The van der Waals surface area contributed by atoms with Crippen molar-refractivity contribution in [2.45, 2.75) is 25.0 Å². The number of fused-ring (bicyclic) bond motifs is 1. The number of aliphatic hydroxyl groups is 1. The van der Waals surface area contributed by atoms with E-state index in [1.165, 1.54) is 12.1 Å². The molecule has 0 amide bonds. The Balaban J connectivity index is 1.08. The number of aromatic nitrogens is 1. The largest absolute Gasteiger partial charge is 0.491 e. The number of benzene rings is 3. The molecule has 35 heavy (non-hydrogen) atoms. The van der Waals surface area contributed by atoms with E-state index in [2.05, 4.69) is 10.1 Å². The number of hydrogen-bond acceptors (Lipinski definition) is 6. The lowest BCUT2D eigenvalue weighted by molar-refractivity contribution is 0.0402. The van der Waals surface area contributed by atoms with Crippen LogP contribution < -0.4 is 9.47 Å². The predicted molar refractivity (Wildman–Crippen MR) is 132 cm³/mol. The third-order valence-corrected chi connectivity index (χ3v) is 6.34. The van der Waals surface area contributed by atoms with Crippen molar-refractivity contribution in [2.75, 3.05) is 26.2 Å². The first kappa shape index (κ1) is 23.6. The van der Waals surface area contributed by atoms with Gasteiger partial charge in [0.25, 0.3) is 0 Å². The summed E-state index contributed by atoms with van der Waals surface area (Å²) in [6.45, 7) is 2.45. The molecule has 1 atom stereocenters. The van der Waals surface area contributed by atoms with Gasteiger partial charge in [0.1, 0.15) is 41.8 Å². The highest BCUT2D eigenvalue weighted by atomic mass is 35.5. The molecule has 1 aliphatic rings. The number of aliphatic hydroxyl groups excluding tert-OH is 1. The lowest BCUT2D eigenvalue weighted by Gasteiger charge is -2.33. The molecule has 0 aliphatic carbocycles. The second-order valence-corrected chi connectivity index (χ2v) is 9.17. The van der Waals surface area contributed by atoms with Crippen molar-refractivity contribution in [3.05, 3.63) is 77.6 Å². The van der Waals surface area contributed by atoms with Crippen LogP contribution in [0.15, 0.2) is 71.3 Å². The van der Waals surface area contributed by atoms with E-state index < -0.39 is 6.10 Å². The van der Waals surface area contributed by atoms with Crippen molar-refractivity contribution >= 4 is 22.6 Å². The number of ether oxygens (including phenoxy) is 2. The molecule has 182 valence electrons. The Morgan fingerprint density at radius 2 is 1.86 bits per heavy atom.